The number of aromatic hydroxyl groups is 1. The predicted molar refractivity (Wildman–Crippen MR) is 118 cm³/mol. The number of nitrogens with one attached hydrogen (secondary N) is 2. The molecular weight excluding hydrogens is 443 g/mol. The summed E-state index contributed by atoms with van der Waals surface area (Å²) in [5.41, 5.74) is 0.789. The molecule has 1 aromatic carbocycles. The minimum atomic E-state index is 0. The summed E-state index contributed by atoms with van der Waals surface area (Å²) in [5.74, 6) is 1.76. The molecule has 0 amide bonds. The van der Waals surface area contributed by atoms with Crippen molar-refractivity contribution in [3.8, 4) is 11.5 Å². The average molecular weight is 476 g/mol. The van der Waals surface area contributed by atoms with Crippen molar-refractivity contribution in [2.75, 3.05) is 33.8 Å². The highest BCUT2D eigenvalue weighted by Crippen LogP contribution is 2.22. The topological polar surface area (TPSA) is 69.1 Å². The Morgan fingerprint density at radius 1 is 1.35 bits per heavy atom. The lowest BCUT2D eigenvalue weighted by atomic mass is 10.0. The standard InChI is InChI=1S/C19H32N4O2.HI/c1-4-5-10-23-11-8-16(9-12-23)22-19(20-2)21-14-15-13-17(25-3)6-7-18(15)24;/h6-7,13,16,24H,4-5,8-12,14H2,1-3H3,(H2,20,21,22);1H. The van der Waals surface area contributed by atoms with Gasteiger partial charge in [-0.25, -0.2) is 0 Å². The molecule has 1 aliphatic rings. The van der Waals surface area contributed by atoms with Crippen LogP contribution >= 0.6 is 24.0 Å². The summed E-state index contributed by atoms with van der Waals surface area (Å²) in [6.07, 6.45) is 4.81. The fourth-order valence-corrected chi connectivity index (χ4v) is 3.08. The molecule has 7 heteroatoms. The van der Waals surface area contributed by atoms with Crippen molar-refractivity contribution in [2.45, 2.75) is 45.2 Å². The minimum absolute atomic E-state index is 0. The maximum absolute atomic E-state index is 9.98. The maximum Gasteiger partial charge on any atom is 0.191 e. The molecule has 1 aromatic rings. The lowest BCUT2D eigenvalue weighted by Crippen LogP contribution is -2.48. The Bertz CT molecular complexity index is 560. The zero-order valence-corrected chi connectivity index (χ0v) is 18.5. The Morgan fingerprint density at radius 2 is 2.08 bits per heavy atom. The highest BCUT2D eigenvalue weighted by Gasteiger charge is 2.19. The van der Waals surface area contributed by atoms with Crippen LogP contribution in [0, 0.1) is 0 Å². The Labute approximate surface area is 174 Å². The van der Waals surface area contributed by atoms with Crippen molar-refractivity contribution >= 4 is 29.9 Å². The molecule has 6 nitrogen and oxygen atoms in total. The van der Waals surface area contributed by atoms with E-state index in [-0.39, 0.29) is 29.7 Å². The third kappa shape index (κ3) is 7.19. The first kappa shape index (κ1) is 22.8. The number of ether oxygens (including phenoxy) is 1. The normalized spacial score (nSPS) is 16.0. The fourth-order valence-electron chi connectivity index (χ4n) is 3.08. The molecule has 1 heterocycles. The Kier molecular flexibility index (Phi) is 10.7. The van der Waals surface area contributed by atoms with Crippen LogP contribution in [-0.4, -0.2) is 55.8 Å². The number of hydrogen-bond acceptors (Lipinski definition) is 4. The summed E-state index contributed by atoms with van der Waals surface area (Å²) in [6, 6.07) is 5.68. The molecule has 0 radical (unpaired) electrons. The Hall–Kier alpha value is -1.22. The van der Waals surface area contributed by atoms with Crippen molar-refractivity contribution in [1.29, 1.82) is 0 Å². The molecule has 1 saturated heterocycles. The van der Waals surface area contributed by atoms with Gasteiger partial charge in [0, 0.05) is 38.3 Å². The summed E-state index contributed by atoms with van der Waals surface area (Å²) in [5, 5.41) is 16.8. The summed E-state index contributed by atoms with van der Waals surface area (Å²) < 4.78 is 5.21. The second kappa shape index (κ2) is 12.2. The van der Waals surface area contributed by atoms with Crippen LogP contribution in [0.5, 0.6) is 11.5 Å². The van der Waals surface area contributed by atoms with Crippen molar-refractivity contribution in [3.63, 3.8) is 0 Å². The van der Waals surface area contributed by atoms with Gasteiger partial charge in [0.15, 0.2) is 5.96 Å². The first-order chi connectivity index (χ1) is 12.2. The number of likely N-dealkylation sites (tertiary alicyclic amines) is 1. The Balaban J connectivity index is 0.00000338. The van der Waals surface area contributed by atoms with E-state index in [4.69, 9.17) is 4.74 Å². The number of phenols is 1. The molecular formula is C19H33IN4O2. The second-order valence-electron chi connectivity index (χ2n) is 6.53. The summed E-state index contributed by atoms with van der Waals surface area (Å²) in [6.45, 7) is 6.24. The number of nitrogens with zero attached hydrogens (tertiary/aromatic N) is 2. The molecule has 0 aromatic heterocycles. The third-order valence-corrected chi connectivity index (χ3v) is 4.71. The second-order valence-corrected chi connectivity index (χ2v) is 6.53. The number of hydrogen-bond donors (Lipinski definition) is 3. The fraction of sp³-hybridized carbons (Fsp3) is 0.632. The minimum Gasteiger partial charge on any atom is -0.508 e. The quantitative estimate of drug-likeness (QED) is 0.321. The predicted octanol–water partition coefficient (Wildman–Crippen LogP) is 2.95. The van der Waals surface area contributed by atoms with Gasteiger partial charge in [-0.15, -0.1) is 24.0 Å². The van der Waals surface area contributed by atoms with Gasteiger partial charge in [-0.2, -0.15) is 0 Å². The smallest absolute Gasteiger partial charge is 0.191 e. The average Bonchev–Trinajstić information content (AvgIpc) is 2.65. The number of phenolic OH excluding ortho intramolecular Hbond substituents is 1. The number of unbranched alkanes of at least 4 members (excludes halogenated alkanes) is 1. The van der Waals surface area contributed by atoms with Gasteiger partial charge in [0.05, 0.1) is 7.11 Å². The van der Waals surface area contributed by atoms with Crippen molar-refractivity contribution in [3.05, 3.63) is 23.8 Å². The molecule has 26 heavy (non-hydrogen) atoms. The van der Waals surface area contributed by atoms with E-state index in [0.29, 0.717) is 12.6 Å². The van der Waals surface area contributed by atoms with E-state index < -0.39 is 0 Å². The number of aliphatic imine (C=N–C) groups is 1. The third-order valence-electron chi connectivity index (χ3n) is 4.71. The van der Waals surface area contributed by atoms with E-state index in [2.05, 4.69) is 27.4 Å². The SMILES string of the molecule is CCCCN1CCC(NC(=NC)NCc2cc(OC)ccc2O)CC1.I. The lowest BCUT2D eigenvalue weighted by molar-refractivity contribution is 0.203. The van der Waals surface area contributed by atoms with Crippen LogP contribution in [0.25, 0.3) is 0 Å². The largest absolute Gasteiger partial charge is 0.508 e. The van der Waals surface area contributed by atoms with Crippen LogP contribution in [0.2, 0.25) is 0 Å². The van der Waals surface area contributed by atoms with Crippen molar-refractivity contribution < 1.29 is 9.84 Å². The molecule has 0 aliphatic carbocycles. The Morgan fingerprint density at radius 3 is 2.69 bits per heavy atom. The molecule has 2 rings (SSSR count). The zero-order chi connectivity index (χ0) is 18.1. The van der Waals surface area contributed by atoms with Crippen LogP contribution < -0.4 is 15.4 Å². The van der Waals surface area contributed by atoms with E-state index >= 15 is 0 Å². The summed E-state index contributed by atoms with van der Waals surface area (Å²) in [4.78, 5) is 6.85. The van der Waals surface area contributed by atoms with Gasteiger partial charge in [-0.05, 0) is 44.0 Å². The van der Waals surface area contributed by atoms with E-state index in [1.54, 1.807) is 26.3 Å². The highest BCUT2D eigenvalue weighted by atomic mass is 127. The van der Waals surface area contributed by atoms with Crippen LogP contribution in [-0.2, 0) is 6.54 Å². The summed E-state index contributed by atoms with van der Waals surface area (Å²) >= 11 is 0. The van der Waals surface area contributed by atoms with Gasteiger partial charge in [-0.1, -0.05) is 13.3 Å². The van der Waals surface area contributed by atoms with Crippen molar-refractivity contribution in [1.82, 2.24) is 15.5 Å². The molecule has 3 N–H and O–H groups in total. The molecule has 0 atom stereocenters. The van der Waals surface area contributed by atoms with Crippen LogP contribution in [0.1, 0.15) is 38.2 Å². The van der Waals surface area contributed by atoms with E-state index in [0.717, 1.165) is 43.2 Å². The number of rotatable bonds is 7. The van der Waals surface area contributed by atoms with E-state index in [1.807, 2.05) is 6.07 Å². The van der Waals surface area contributed by atoms with Gasteiger partial charge >= 0.3 is 0 Å². The lowest BCUT2D eigenvalue weighted by Gasteiger charge is -2.33. The van der Waals surface area contributed by atoms with Crippen LogP contribution in [0.15, 0.2) is 23.2 Å². The number of piperidine rings is 1. The van der Waals surface area contributed by atoms with Gasteiger partial charge in [0.1, 0.15) is 11.5 Å². The molecule has 0 saturated carbocycles. The zero-order valence-electron chi connectivity index (χ0n) is 16.1. The monoisotopic (exact) mass is 476 g/mol. The molecule has 0 spiro atoms. The van der Waals surface area contributed by atoms with Gasteiger partial charge in [0.25, 0.3) is 0 Å². The van der Waals surface area contributed by atoms with Crippen LogP contribution in [0.4, 0.5) is 0 Å². The number of guanidine groups is 1. The van der Waals surface area contributed by atoms with Gasteiger partial charge < -0.3 is 25.4 Å². The molecule has 148 valence electrons. The highest BCUT2D eigenvalue weighted by molar-refractivity contribution is 14.0. The summed E-state index contributed by atoms with van der Waals surface area (Å²) in [7, 11) is 3.40. The van der Waals surface area contributed by atoms with E-state index in [1.165, 1.54) is 19.4 Å². The van der Waals surface area contributed by atoms with Gasteiger partial charge in [0.2, 0.25) is 0 Å². The van der Waals surface area contributed by atoms with Crippen molar-refractivity contribution in [2.24, 2.45) is 4.99 Å². The molecule has 1 aliphatic heterocycles. The first-order valence-corrected chi connectivity index (χ1v) is 9.21. The van der Waals surface area contributed by atoms with Crippen LogP contribution in [0.3, 0.4) is 0 Å². The maximum atomic E-state index is 9.98. The van der Waals surface area contributed by atoms with E-state index in [9.17, 15) is 5.11 Å². The number of halogens is 1. The molecule has 0 bridgehead atoms. The number of methoxy groups -OCH3 is 1. The number of benzene rings is 1. The molecule has 1 fully saturated rings. The first-order valence-electron chi connectivity index (χ1n) is 9.21. The van der Waals surface area contributed by atoms with Gasteiger partial charge in [-0.3, -0.25) is 4.99 Å². The molecule has 0 unspecified atom stereocenters.